The maximum absolute atomic E-state index is 11.1. The number of nitro groups is 1. The molecule has 0 amide bonds. The Balaban J connectivity index is 4.51. The van der Waals surface area contributed by atoms with Gasteiger partial charge in [-0.15, -0.1) is 0 Å². The van der Waals surface area contributed by atoms with E-state index in [9.17, 15) is 14.9 Å². The van der Waals surface area contributed by atoms with E-state index in [1.165, 1.54) is 0 Å². The van der Waals surface area contributed by atoms with Crippen molar-refractivity contribution >= 4 is 5.97 Å². The van der Waals surface area contributed by atoms with Crippen LogP contribution >= 0.6 is 0 Å². The first kappa shape index (κ1) is 12.8. The summed E-state index contributed by atoms with van der Waals surface area (Å²) in [4.78, 5) is 21.2. The van der Waals surface area contributed by atoms with Crippen molar-refractivity contribution < 1.29 is 14.5 Å². The van der Waals surface area contributed by atoms with Crippen molar-refractivity contribution in [3.8, 4) is 0 Å². The van der Waals surface area contributed by atoms with Crippen molar-refractivity contribution in [1.82, 2.24) is 0 Å². The largest absolute Gasteiger partial charge is 0.465 e. The summed E-state index contributed by atoms with van der Waals surface area (Å²) in [6.45, 7) is 5.09. The van der Waals surface area contributed by atoms with Crippen molar-refractivity contribution in [3.63, 3.8) is 0 Å². The summed E-state index contributed by atoms with van der Waals surface area (Å²) in [7, 11) is 0. The smallest absolute Gasteiger partial charge is 0.330 e. The summed E-state index contributed by atoms with van der Waals surface area (Å²) in [5.74, 6) is -1.02. The average Bonchev–Trinajstić information content (AvgIpc) is 2.03. The van der Waals surface area contributed by atoms with Crippen LogP contribution in [0, 0.1) is 16.0 Å². The zero-order valence-corrected chi connectivity index (χ0v) is 8.60. The average molecular weight is 204 g/mol. The highest BCUT2D eigenvalue weighted by Crippen LogP contribution is 2.10. The molecule has 0 fully saturated rings. The normalized spacial score (nSPS) is 14.9. The Morgan fingerprint density at radius 2 is 2.07 bits per heavy atom. The number of carbonyl (C=O) groups is 1. The number of rotatable bonds is 5. The van der Waals surface area contributed by atoms with Crippen molar-refractivity contribution in [2.24, 2.45) is 11.7 Å². The molecule has 0 saturated carbocycles. The minimum absolute atomic E-state index is 0.176. The Morgan fingerprint density at radius 3 is 2.36 bits per heavy atom. The van der Waals surface area contributed by atoms with Gasteiger partial charge in [-0.05, 0) is 6.92 Å². The fraction of sp³-hybridized carbons (Fsp3) is 0.875. The first-order valence-electron chi connectivity index (χ1n) is 4.47. The number of hydrogen-bond donors (Lipinski definition) is 1. The predicted octanol–water partition coefficient (Wildman–Crippen LogP) is 0.178. The third kappa shape index (κ3) is 3.29. The molecule has 0 aromatic carbocycles. The Hall–Kier alpha value is -1.17. The number of ether oxygens (including phenoxy) is 1. The molecule has 0 spiro atoms. The highest BCUT2D eigenvalue weighted by Gasteiger charge is 2.37. The second-order valence-electron chi connectivity index (χ2n) is 3.30. The standard InChI is InChI=1S/C8H16N2O4/c1-4-14-8(11)6(9)7(5(2)3)10(12)13/h5-7H,4,9H2,1-3H3. The molecule has 0 heterocycles. The molecule has 2 atom stereocenters. The zero-order chi connectivity index (χ0) is 11.3. The Morgan fingerprint density at radius 1 is 1.57 bits per heavy atom. The van der Waals surface area contributed by atoms with Crippen LogP contribution in [0.1, 0.15) is 20.8 Å². The highest BCUT2D eigenvalue weighted by molar-refractivity contribution is 5.76. The first-order chi connectivity index (χ1) is 6.41. The van der Waals surface area contributed by atoms with Crippen LogP contribution in [0.4, 0.5) is 0 Å². The third-order valence-electron chi connectivity index (χ3n) is 1.85. The second-order valence-corrected chi connectivity index (χ2v) is 3.30. The molecule has 6 nitrogen and oxygen atoms in total. The molecule has 2 unspecified atom stereocenters. The molecular weight excluding hydrogens is 188 g/mol. The van der Waals surface area contributed by atoms with E-state index in [1.54, 1.807) is 20.8 Å². The highest BCUT2D eigenvalue weighted by atomic mass is 16.6. The van der Waals surface area contributed by atoms with Gasteiger partial charge in [0.05, 0.1) is 6.61 Å². The van der Waals surface area contributed by atoms with Crippen LogP contribution in [0.2, 0.25) is 0 Å². The van der Waals surface area contributed by atoms with Gasteiger partial charge in [0.25, 0.3) is 0 Å². The van der Waals surface area contributed by atoms with Gasteiger partial charge in [0.2, 0.25) is 6.04 Å². The number of hydrogen-bond acceptors (Lipinski definition) is 5. The second kappa shape index (κ2) is 5.54. The third-order valence-corrected chi connectivity index (χ3v) is 1.85. The lowest BCUT2D eigenvalue weighted by Gasteiger charge is -2.18. The maximum Gasteiger partial charge on any atom is 0.330 e. The van der Waals surface area contributed by atoms with Crippen LogP contribution in [0.5, 0.6) is 0 Å². The summed E-state index contributed by atoms with van der Waals surface area (Å²) in [5, 5.41) is 10.6. The minimum Gasteiger partial charge on any atom is -0.465 e. The Labute approximate surface area is 82.6 Å². The molecule has 0 aliphatic heterocycles. The van der Waals surface area contributed by atoms with Crippen molar-refractivity contribution in [2.75, 3.05) is 6.61 Å². The molecule has 0 aliphatic carbocycles. The lowest BCUT2D eigenvalue weighted by atomic mass is 9.98. The van der Waals surface area contributed by atoms with E-state index in [-0.39, 0.29) is 12.5 Å². The maximum atomic E-state index is 11.1. The molecule has 0 rings (SSSR count). The molecular formula is C8H16N2O4. The van der Waals surface area contributed by atoms with Crippen LogP contribution < -0.4 is 5.73 Å². The molecule has 0 aromatic rings. The summed E-state index contributed by atoms with van der Waals surface area (Å²) in [5.41, 5.74) is 5.43. The molecule has 6 heteroatoms. The summed E-state index contributed by atoms with van der Waals surface area (Å²) in [6, 6.07) is -2.28. The van der Waals surface area contributed by atoms with Gasteiger partial charge in [-0.2, -0.15) is 0 Å². The van der Waals surface area contributed by atoms with Crippen LogP contribution in [0.25, 0.3) is 0 Å². The van der Waals surface area contributed by atoms with Crippen LogP contribution in [0.3, 0.4) is 0 Å². The predicted molar refractivity (Wildman–Crippen MR) is 50.2 cm³/mol. The van der Waals surface area contributed by atoms with Crippen molar-refractivity contribution in [3.05, 3.63) is 10.1 Å². The number of esters is 1. The van der Waals surface area contributed by atoms with Crippen LogP contribution in [0.15, 0.2) is 0 Å². The molecule has 0 bridgehead atoms. The van der Waals surface area contributed by atoms with Gasteiger partial charge >= 0.3 is 5.97 Å². The van der Waals surface area contributed by atoms with E-state index < -0.39 is 23.0 Å². The fourth-order valence-corrected chi connectivity index (χ4v) is 1.17. The van der Waals surface area contributed by atoms with Gasteiger partial charge in [-0.3, -0.25) is 14.9 Å². The van der Waals surface area contributed by atoms with E-state index in [0.717, 1.165) is 0 Å². The van der Waals surface area contributed by atoms with Crippen molar-refractivity contribution in [2.45, 2.75) is 32.9 Å². The topological polar surface area (TPSA) is 95.5 Å². The Bertz CT molecular complexity index is 217. The van der Waals surface area contributed by atoms with Gasteiger partial charge in [0, 0.05) is 10.8 Å². The number of carbonyl (C=O) groups excluding carboxylic acids is 1. The van der Waals surface area contributed by atoms with Gasteiger partial charge < -0.3 is 10.5 Å². The van der Waals surface area contributed by atoms with E-state index in [4.69, 9.17) is 5.73 Å². The number of nitrogens with two attached hydrogens (primary N) is 1. The Kier molecular flexibility index (Phi) is 5.07. The van der Waals surface area contributed by atoms with Gasteiger partial charge in [0.15, 0.2) is 6.04 Å². The van der Waals surface area contributed by atoms with E-state index >= 15 is 0 Å². The molecule has 0 saturated heterocycles. The molecule has 0 aliphatic rings. The van der Waals surface area contributed by atoms with E-state index in [2.05, 4.69) is 4.74 Å². The van der Waals surface area contributed by atoms with E-state index in [0.29, 0.717) is 0 Å². The van der Waals surface area contributed by atoms with Crippen LogP contribution in [-0.2, 0) is 9.53 Å². The number of nitrogens with zero attached hydrogens (tertiary/aromatic N) is 1. The summed E-state index contributed by atoms with van der Waals surface area (Å²) in [6.07, 6.45) is 0. The fourth-order valence-electron chi connectivity index (χ4n) is 1.17. The summed E-state index contributed by atoms with van der Waals surface area (Å²) >= 11 is 0. The lowest BCUT2D eigenvalue weighted by molar-refractivity contribution is -0.532. The quantitative estimate of drug-likeness (QED) is 0.391. The lowest BCUT2D eigenvalue weighted by Crippen LogP contribution is -2.49. The first-order valence-corrected chi connectivity index (χ1v) is 4.47. The minimum atomic E-state index is -1.19. The van der Waals surface area contributed by atoms with Crippen LogP contribution in [-0.4, -0.2) is 29.6 Å². The summed E-state index contributed by atoms with van der Waals surface area (Å²) < 4.78 is 4.62. The monoisotopic (exact) mass is 204 g/mol. The van der Waals surface area contributed by atoms with Gasteiger partial charge in [-0.25, -0.2) is 0 Å². The van der Waals surface area contributed by atoms with Crippen molar-refractivity contribution in [1.29, 1.82) is 0 Å². The molecule has 0 aromatic heterocycles. The molecule has 82 valence electrons. The van der Waals surface area contributed by atoms with Gasteiger partial charge in [-0.1, -0.05) is 13.8 Å². The molecule has 14 heavy (non-hydrogen) atoms. The molecule has 2 N–H and O–H groups in total. The van der Waals surface area contributed by atoms with E-state index in [1.807, 2.05) is 0 Å². The SMILES string of the molecule is CCOC(=O)C(N)C(C(C)C)[N+](=O)[O-]. The molecule has 0 radical (unpaired) electrons. The zero-order valence-electron chi connectivity index (χ0n) is 8.60. The van der Waals surface area contributed by atoms with Gasteiger partial charge in [0.1, 0.15) is 0 Å².